The largest absolute Gasteiger partial charge is 0.353 e. The number of carbonyl (C=O) groups excluding carboxylic acids is 1. The normalized spacial score (nSPS) is 23.7. The minimum Gasteiger partial charge on any atom is -0.353 e. The lowest BCUT2D eigenvalue weighted by Crippen LogP contribution is -2.44. The van der Waals surface area contributed by atoms with Crippen molar-refractivity contribution < 1.29 is 4.79 Å². The Balaban J connectivity index is 2.15. The van der Waals surface area contributed by atoms with Crippen LogP contribution in [0.1, 0.15) is 31.2 Å². The second-order valence-electron chi connectivity index (χ2n) is 4.16. The van der Waals surface area contributed by atoms with E-state index in [-0.39, 0.29) is 11.9 Å². The lowest BCUT2D eigenvalue weighted by Gasteiger charge is -2.37. The molecule has 0 spiro atoms. The maximum Gasteiger partial charge on any atom is 0.217 e. The van der Waals surface area contributed by atoms with Gasteiger partial charge in [0.2, 0.25) is 5.91 Å². The van der Waals surface area contributed by atoms with E-state index in [0.29, 0.717) is 16.0 Å². The van der Waals surface area contributed by atoms with Crippen molar-refractivity contribution in [2.45, 2.75) is 31.7 Å². The Labute approximate surface area is 105 Å². The van der Waals surface area contributed by atoms with E-state index in [4.69, 9.17) is 23.2 Å². The summed E-state index contributed by atoms with van der Waals surface area (Å²) in [5.41, 5.74) is 1.08. The van der Waals surface area contributed by atoms with Crippen molar-refractivity contribution in [2.75, 3.05) is 0 Å². The van der Waals surface area contributed by atoms with Crippen molar-refractivity contribution in [1.82, 2.24) is 5.32 Å². The number of hydrogen-bond donors (Lipinski definition) is 1. The van der Waals surface area contributed by atoms with Gasteiger partial charge in [0, 0.05) is 28.9 Å². The van der Waals surface area contributed by atoms with E-state index in [1.807, 2.05) is 12.1 Å². The van der Waals surface area contributed by atoms with Gasteiger partial charge >= 0.3 is 0 Å². The Bertz CT molecular complexity index is 419. The second kappa shape index (κ2) is 4.64. The molecule has 0 heterocycles. The van der Waals surface area contributed by atoms with Crippen molar-refractivity contribution >= 4 is 29.1 Å². The summed E-state index contributed by atoms with van der Waals surface area (Å²) in [6, 6.07) is 5.76. The van der Waals surface area contributed by atoms with Crippen molar-refractivity contribution in [3.8, 4) is 0 Å². The molecule has 1 aromatic carbocycles. The molecule has 2 atom stereocenters. The molecule has 0 bridgehead atoms. The molecule has 1 N–H and O–H groups in total. The van der Waals surface area contributed by atoms with Gasteiger partial charge in [-0.2, -0.15) is 0 Å². The molecular formula is C12H13Cl2NO. The van der Waals surface area contributed by atoms with Gasteiger partial charge in [-0.1, -0.05) is 29.3 Å². The average molecular weight is 258 g/mol. The molecule has 1 fully saturated rings. The molecule has 16 heavy (non-hydrogen) atoms. The molecule has 0 radical (unpaired) electrons. The number of rotatable bonds is 2. The molecule has 0 saturated heterocycles. The lowest BCUT2D eigenvalue weighted by atomic mass is 9.75. The molecule has 2 rings (SSSR count). The summed E-state index contributed by atoms with van der Waals surface area (Å²) in [5, 5.41) is 4.27. The summed E-state index contributed by atoms with van der Waals surface area (Å²) in [6.07, 6.45) is 2.08. The van der Waals surface area contributed by atoms with Crippen LogP contribution in [-0.4, -0.2) is 11.9 Å². The number of nitrogens with one attached hydrogen (secondary N) is 1. The number of hydrogen-bond acceptors (Lipinski definition) is 1. The van der Waals surface area contributed by atoms with Crippen molar-refractivity contribution in [3.63, 3.8) is 0 Å². The van der Waals surface area contributed by atoms with E-state index in [1.54, 1.807) is 13.0 Å². The number of benzene rings is 1. The number of halogens is 2. The van der Waals surface area contributed by atoms with Crippen molar-refractivity contribution in [1.29, 1.82) is 0 Å². The Morgan fingerprint density at radius 3 is 2.62 bits per heavy atom. The van der Waals surface area contributed by atoms with Gasteiger partial charge in [0.05, 0.1) is 0 Å². The van der Waals surface area contributed by atoms with E-state index >= 15 is 0 Å². The quantitative estimate of drug-likeness (QED) is 0.865. The second-order valence-corrected chi connectivity index (χ2v) is 5.00. The summed E-state index contributed by atoms with van der Waals surface area (Å²) >= 11 is 12.0. The fourth-order valence-corrected chi connectivity index (χ4v) is 2.66. The Kier molecular flexibility index (Phi) is 3.41. The maximum absolute atomic E-state index is 11.0. The number of carbonyl (C=O) groups is 1. The maximum atomic E-state index is 11.0. The lowest BCUT2D eigenvalue weighted by molar-refractivity contribution is -0.120. The molecule has 4 heteroatoms. The van der Waals surface area contributed by atoms with Crippen molar-refractivity contribution in [2.24, 2.45) is 0 Å². The van der Waals surface area contributed by atoms with Crippen LogP contribution >= 0.6 is 23.2 Å². The fourth-order valence-electron chi connectivity index (χ4n) is 2.11. The van der Waals surface area contributed by atoms with Gasteiger partial charge in [0.15, 0.2) is 0 Å². The zero-order valence-electron chi connectivity index (χ0n) is 8.97. The van der Waals surface area contributed by atoms with E-state index < -0.39 is 0 Å². The highest BCUT2D eigenvalue weighted by atomic mass is 35.5. The Morgan fingerprint density at radius 1 is 1.38 bits per heavy atom. The van der Waals surface area contributed by atoms with Crippen LogP contribution in [0, 0.1) is 0 Å². The van der Waals surface area contributed by atoms with Gasteiger partial charge < -0.3 is 5.32 Å². The molecular weight excluding hydrogens is 245 g/mol. The van der Waals surface area contributed by atoms with E-state index in [9.17, 15) is 4.79 Å². The van der Waals surface area contributed by atoms with Crippen LogP contribution in [-0.2, 0) is 4.79 Å². The van der Waals surface area contributed by atoms with Crippen LogP contribution in [0.4, 0.5) is 0 Å². The van der Waals surface area contributed by atoms with E-state index in [2.05, 4.69) is 5.32 Å². The zero-order valence-corrected chi connectivity index (χ0v) is 10.5. The van der Waals surface area contributed by atoms with Crippen LogP contribution in [0.3, 0.4) is 0 Å². The number of amides is 1. The average Bonchev–Trinajstić information content (AvgIpc) is 2.17. The molecule has 1 saturated carbocycles. The van der Waals surface area contributed by atoms with Gasteiger partial charge in [0.1, 0.15) is 0 Å². The summed E-state index contributed by atoms with van der Waals surface area (Å²) in [5.74, 6) is 0.341. The summed E-state index contributed by atoms with van der Waals surface area (Å²) in [4.78, 5) is 11.0. The minimum absolute atomic E-state index is 0.0137. The third-order valence-corrected chi connectivity index (χ3v) is 3.59. The first kappa shape index (κ1) is 11.7. The molecule has 0 aromatic heterocycles. The van der Waals surface area contributed by atoms with Crippen LogP contribution in [0.2, 0.25) is 10.0 Å². The molecule has 1 amide bonds. The van der Waals surface area contributed by atoms with Gasteiger partial charge in [-0.05, 0) is 30.5 Å². The first-order valence-electron chi connectivity index (χ1n) is 5.30. The Morgan fingerprint density at radius 2 is 2.12 bits per heavy atom. The molecule has 1 aromatic rings. The van der Waals surface area contributed by atoms with Crippen molar-refractivity contribution in [3.05, 3.63) is 33.8 Å². The zero-order chi connectivity index (χ0) is 11.7. The fraction of sp³-hybridized carbons (Fsp3) is 0.417. The smallest absolute Gasteiger partial charge is 0.217 e. The van der Waals surface area contributed by atoms with E-state index in [0.717, 1.165) is 18.4 Å². The van der Waals surface area contributed by atoms with Gasteiger partial charge in [-0.25, -0.2) is 0 Å². The monoisotopic (exact) mass is 257 g/mol. The predicted octanol–water partition coefficient (Wildman–Crippen LogP) is 3.38. The topological polar surface area (TPSA) is 29.1 Å². The minimum atomic E-state index is 0.0137. The summed E-state index contributed by atoms with van der Waals surface area (Å²) in [6.45, 7) is 1.54. The SMILES string of the molecule is CC(=O)N[C@@H]1CC[C@@H]1c1ccc(Cl)cc1Cl. The van der Waals surface area contributed by atoms with Gasteiger partial charge in [-0.15, -0.1) is 0 Å². The first-order chi connectivity index (χ1) is 7.58. The predicted molar refractivity (Wildman–Crippen MR) is 66.0 cm³/mol. The van der Waals surface area contributed by atoms with Gasteiger partial charge in [0.25, 0.3) is 0 Å². The first-order valence-corrected chi connectivity index (χ1v) is 6.05. The standard InChI is InChI=1S/C12H13Cl2NO/c1-7(16)15-12-5-4-10(12)9-3-2-8(13)6-11(9)14/h2-3,6,10,12H,4-5H2,1H3,(H,15,16)/t10-,12-/m1/s1. The third-order valence-electron chi connectivity index (χ3n) is 3.03. The molecule has 1 aliphatic rings. The molecule has 2 nitrogen and oxygen atoms in total. The highest BCUT2D eigenvalue weighted by Crippen LogP contribution is 2.40. The highest BCUT2D eigenvalue weighted by molar-refractivity contribution is 6.35. The van der Waals surface area contributed by atoms with Crippen LogP contribution in [0.15, 0.2) is 18.2 Å². The molecule has 0 unspecified atom stereocenters. The summed E-state index contributed by atoms with van der Waals surface area (Å²) in [7, 11) is 0. The van der Waals surface area contributed by atoms with Crippen LogP contribution < -0.4 is 5.32 Å². The van der Waals surface area contributed by atoms with E-state index in [1.165, 1.54) is 0 Å². The third kappa shape index (κ3) is 2.33. The van der Waals surface area contributed by atoms with Crippen LogP contribution in [0.5, 0.6) is 0 Å². The van der Waals surface area contributed by atoms with Crippen LogP contribution in [0.25, 0.3) is 0 Å². The molecule has 86 valence electrons. The van der Waals surface area contributed by atoms with Gasteiger partial charge in [-0.3, -0.25) is 4.79 Å². The Hall–Kier alpha value is -0.730. The summed E-state index contributed by atoms with van der Waals surface area (Å²) < 4.78 is 0. The molecule has 0 aliphatic heterocycles. The molecule has 1 aliphatic carbocycles. The highest BCUT2D eigenvalue weighted by Gasteiger charge is 2.33.